The molecule has 1 saturated carbocycles. The maximum atomic E-state index is 13.1. The zero-order valence-electron chi connectivity index (χ0n) is 7.75. The lowest BCUT2D eigenvalue weighted by molar-refractivity contribution is 0.231. The standard InChI is InChI=1S/C12H15F/c13-12-8-4-7-11(9-12)10-5-2-1-3-6-10/h1-3,5-6,11-12H,4,7-9H2/t11-,12+/m0/s1. The van der Waals surface area contributed by atoms with Crippen LogP contribution < -0.4 is 0 Å². The van der Waals surface area contributed by atoms with E-state index in [9.17, 15) is 4.39 Å². The predicted molar refractivity (Wildman–Crippen MR) is 52.5 cm³/mol. The van der Waals surface area contributed by atoms with Gasteiger partial charge in [0.05, 0.1) is 0 Å². The van der Waals surface area contributed by atoms with Crippen molar-refractivity contribution in [3.05, 3.63) is 35.9 Å². The largest absolute Gasteiger partial charge is 0.247 e. The van der Waals surface area contributed by atoms with Crippen LogP contribution in [0.25, 0.3) is 0 Å². The first-order valence-electron chi connectivity index (χ1n) is 5.05. The van der Waals surface area contributed by atoms with Crippen molar-refractivity contribution < 1.29 is 4.39 Å². The lowest BCUT2D eigenvalue weighted by atomic mass is 9.83. The first-order valence-corrected chi connectivity index (χ1v) is 5.05. The molecular weight excluding hydrogens is 163 g/mol. The van der Waals surface area contributed by atoms with Crippen LogP contribution in [0, 0.1) is 0 Å². The molecule has 0 nitrogen and oxygen atoms in total. The Hall–Kier alpha value is -0.850. The van der Waals surface area contributed by atoms with E-state index in [0.717, 1.165) is 25.7 Å². The third-order valence-corrected chi connectivity index (χ3v) is 2.88. The Morgan fingerprint density at radius 2 is 1.85 bits per heavy atom. The van der Waals surface area contributed by atoms with Crippen LogP contribution in [0.3, 0.4) is 0 Å². The minimum Gasteiger partial charge on any atom is -0.247 e. The zero-order chi connectivity index (χ0) is 9.10. The summed E-state index contributed by atoms with van der Waals surface area (Å²) in [6, 6.07) is 10.3. The Balaban J connectivity index is 2.08. The second-order valence-electron chi connectivity index (χ2n) is 3.87. The molecule has 1 aliphatic rings. The molecule has 0 saturated heterocycles. The summed E-state index contributed by atoms with van der Waals surface area (Å²) in [5.41, 5.74) is 1.31. The van der Waals surface area contributed by atoms with Gasteiger partial charge in [-0.3, -0.25) is 0 Å². The van der Waals surface area contributed by atoms with Crippen LogP contribution in [-0.2, 0) is 0 Å². The van der Waals surface area contributed by atoms with Crippen molar-refractivity contribution in [3.63, 3.8) is 0 Å². The van der Waals surface area contributed by atoms with E-state index in [1.54, 1.807) is 0 Å². The van der Waals surface area contributed by atoms with Gasteiger partial charge in [-0.1, -0.05) is 30.3 Å². The maximum Gasteiger partial charge on any atom is 0.101 e. The van der Waals surface area contributed by atoms with Crippen molar-refractivity contribution in [2.24, 2.45) is 0 Å². The van der Waals surface area contributed by atoms with Crippen molar-refractivity contribution in [3.8, 4) is 0 Å². The van der Waals surface area contributed by atoms with Gasteiger partial charge in [0.25, 0.3) is 0 Å². The highest BCUT2D eigenvalue weighted by molar-refractivity contribution is 5.20. The molecule has 0 N–H and O–H groups in total. The normalized spacial score (nSPS) is 28.7. The summed E-state index contributed by atoms with van der Waals surface area (Å²) < 4.78 is 13.1. The molecule has 2 atom stereocenters. The highest BCUT2D eigenvalue weighted by atomic mass is 19.1. The van der Waals surface area contributed by atoms with Crippen molar-refractivity contribution in [2.45, 2.75) is 37.8 Å². The van der Waals surface area contributed by atoms with Crippen LogP contribution in [0.4, 0.5) is 4.39 Å². The van der Waals surface area contributed by atoms with Crippen LogP contribution in [0.1, 0.15) is 37.2 Å². The third-order valence-electron chi connectivity index (χ3n) is 2.88. The fraction of sp³-hybridized carbons (Fsp3) is 0.500. The Morgan fingerprint density at radius 1 is 1.08 bits per heavy atom. The molecule has 0 amide bonds. The first kappa shape index (κ1) is 8.74. The predicted octanol–water partition coefficient (Wildman–Crippen LogP) is 3.68. The second kappa shape index (κ2) is 3.91. The molecule has 70 valence electrons. The average Bonchev–Trinajstić information content (AvgIpc) is 2.19. The smallest absolute Gasteiger partial charge is 0.101 e. The summed E-state index contributed by atoms with van der Waals surface area (Å²) in [7, 11) is 0. The van der Waals surface area contributed by atoms with E-state index in [1.807, 2.05) is 18.2 Å². The van der Waals surface area contributed by atoms with Gasteiger partial charge >= 0.3 is 0 Å². The Kier molecular flexibility index (Phi) is 2.62. The molecule has 0 unspecified atom stereocenters. The molecule has 2 rings (SSSR count). The van der Waals surface area contributed by atoms with Gasteiger partial charge in [0.1, 0.15) is 6.17 Å². The van der Waals surface area contributed by atoms with E-state index >= 15 is 0 Å². The highest BCUT2D eigenvalue weighted by Gasteiger charge is 2.22. The van der Waals surface area contributed by atoms with Gasteiger partial charge in [-0.2, -0.15) is 0 Å². The lowest BCUT2D eigenvalue weighted by Crippen LogP contribution is -2.14. The van der Waals surface area contributed by atoms with Gasteiger partial charge in [0, 0.05) is 0 Å². The van der Waals surface area contributed by atoms with Crippen LogP contribution in [-0.4, -0.2) is 6.17 Å². The number of halogens is 1. The van der Waals surface area contributed by atoms with Crippen molar-refractivity contribution in [1.82, 2.24) is 0 Å². The minimum atomic E-state index is -0.570. The highest BCUT2D eigenvalue weighted by Crippen LogP contribution is 2.33. The van der Waals surface area contributed by atoms with Gasteiger partial charge in [0.15, 0.2) is 0 Å². The van der Waals surface area contributed by atoms with Gasteiger partial charge < -0.3 is 0 Å². The van der Waals surface area contributed by atoms with E-state index < -0.39 is 6.17 Å². The van der Waals surface area contributed by atoms with E-state index in [-0.39, 0.29) is 0 Å². The van der Waals surface area contributed by atoms with E-state index in [1.165, 1.54) is 5.56 Å². The van der Waals surface area contributed by atoms with Gasteiger partial charge in [-0.05, 0) is 37.2 Å². The third kappa shape index (κ3) is 2.09. The maximum absolute atomic E-state index is 13.1. The molecule has 13 heavy (non-hydrogen) atoms. The molecule has 1 fully saturated rings. The van der Waals surface area contributed by atoms with Crippen molar-refractivity contribution in [1.29, 1.82) is 0 Å². The summed E-state index contributed by atoms with van der Waals surface area (Å²) in [5.74, 6) is 0.463. The van der Waals surface area contributed by atoms with Crippen LogP contribution in [0.5, 0.6) is 0 Å². The first-order chi connectivity index (χ1) is 6.36. The minimum absolute atomic E-state index is 0.463. The zero-order valence-corrected chi connectivity index (χ0v) is 7.75. The summed E-state index contributed by atoms with van der Waals surface area (Å²) >= 11 is 0. The topological polar surface area (TPSA) is 0 Å². The molecule has 0 heterocycles. The van der Waals surface area contributed by atoms with Crippen LogP contribution in [0.2, 0.25) is 0 Å². The lowest BCUT2D eigenvalue weighted by Gasteiger charge is -2.24. The molecule has 0 spiro atoms. The Labute approximate surface area is 78.8 Å². The fourth-order valence-electron chi connectivity index (χ4n) is 2.16. The van der Waals surface area contributed by atoms with Crippen molar-refractivity contribution >= 4 is 0 Å². The number of hydrogen-bond donors (Lipinski definition) is 0. The Bertz CT molecular complexity index is 255. The molecule has 0 radical (unpaired) electrons. The van der Waals surface area contributed by atoms with Crippen molar-refractivity contribution in [2.75, 3.05) is 0 Å². The van der Waals surface area contributed by atoms with Crippen LogP contribution >= 0.6 is 0 Å². The molecule has 1 aliphatic carbocycles. The summed E-state index contributed by atoms with van der Waals surface area (Å²) in [4.78, 5) is 0. The summed E-state index contributed by atoms with van der Waals surface area (Å²) in [5, 5.41) is 0. The van der Waals surface area contributed by atoms with E-state index in [0.29, 0.717) is 5.92 Å². The molecule has 0 aliphatic heterocycles. The quantitative estimate of drug-likeness (QED) is 0.615. The van der Waals surface area contributed by atoms with Gasteiger partial charge in [-0.25, -0.2) is 4.39 Å². The molecule has 1 aromatic carbocycles. The van der Waals surface area contributed by atoms with E-state index in [4.69, 9.17) is 0 Å². The second-order valence-corrected chi connectivity index (χ2v) is 3.87. The number of benzene rings is 1. The van der Waals surface area contributed by atoms with E-state index in [2.05, 4.69) is 12.1 Å². The molecule has 1 heteroatoms. The number of rotatable bonds is 1. The SMILES string of the molecule is F[C@@H]1CCC[C@H](c2ccccc2)C1. The van der Waals surface area contributed by atoms with Gasteiger partial charge in [-0.15, -0.1) is 0 Å². The summed E-state index contributed by atoms with van der Waals surface area (Å²) in [6.07, 6.45) is 3.12. The average molecular weight is 178 g/mol. The number of alkyl halides is 1. The van der Waals surface area contributed by atoms with Crippen LogP contribution in [0.15, 0.2) is 30.3 Å². The van der Waals surface area contributed by atoms with Gasteiger partial charge in [0.2, 0.25) is 0 Å². The number of hydrogen-bond acceptors (Lipinski definition) is 0. The molecule has 0 bridgehead atoms. The Morgan fingerprint density at radius 3 is 2.54 bits per heavy atom. The fourth-order valence-corrected chi connectivity index (χ4v) is 2.16. The molecular formula is C12H15F. The summed E-state index contributed by atoms with van der Waals surface area (Å²) in [6.45, 7) is 0. The monoisotopic (exact) mass is 178 g/mol. The molecule has 1 aromatic rings. The molecule has 0 aromatic heterocycles.